The van der Waals surface area contributed by atoms with Crippen LogP contribution < -0.4 is 15.2 Å². The Balaban J connectivity index is 1.54. The number of aromatic nitrogens is 2. The predicted octanol–water partition coefficient (Wildman–Crippen LogP) is 2.41. The molecule has 0 saturated carbocycles. The zero-order valence-corrected chi connectivity index (χ0v) is 16.3. The van der Waals surface area contributed by atoms with E-state index >= 15 is 0 Å². The zero-order chi connectivity index (χ0) is 20.9. The molecule has 1 N–H and O–H groups in total. The molecular formula is C19H22FN7O3. The molecule has 1 aromatic carbocycles. The zero-order valence-electron chi connectivity index (χ0n) is 16.3. The van der Waals surface area contributed by atoms with Crippen LogP contribution in [0.3, 0.4) is 0 Å². The van der Waals surface area contributed by atoms with Crippen molar-refractivity contribution in [2.75, 3.05) is 54.6 Å². The molecule has 0 bridgehead atoms. The van der Waals surface area contributed by atoms with Crippen LogP contribution >= 0.6 is 0 Å². The second kappa shape index (κ2) is 8.99. The number of halogens is 1. The fourth-order valence-electron chi connectivity index (χ4n) is 3.57. The minimum Gasteiger partial charge on any atom is -0.378 e. The summed E-state index contributed by atoms with van der Waals surface area (Å²) in [5.41, 5.74) is 4.20. The monoisotopic (exact) mass is 415 g/mol. The molecule has 2 aromatic rings. The van der Waals surface area contributed by atoms with Crippen LogP contribution in [-0.2, 0) is 4.74 Å². The lowest BCUT2D eigenvalue weighted by Crippen LogP contribution is -2.37. The molecule has 4 rings (SSSR count). The number of hydrogen-bond acceptors (Lipinski definition) is 9. The molecule has 10 nitrogen and oxygen atoms in total. The number of benzene rings is 1. The quantitative estimate of drug-likeness (QED) is 0.435. The molecule has 0 radical (unpaired) electrons. The molecule has 0 spiro atoms. The number of nitro benzene ring substituents is 1. The Morgan fingerprint density at radius 1 is 1.20 bits per heavy atom. The number of ether oxygens (including phenoxy) is 1. The van der Waals surface area contributed by atoms with Gasteiger partial charge in [0.15, 0.2) is 11.6 Å². The Kier molecular flexibility index (Phi) is 5.98. The van der Waals surface area contributed by atoms with Crippen molar-refractivity contribution in [2.24, 2.45) is 5.10 Å². The third-order valence-corrected chi connectivity index (χ3v) is 5.07. The summed E-state index contributed by atoms with van der Waals surface area (Å²) in [7, 11) is 0. The third-order valence-electron chi connectivity index (χ3n) is 5.07. The van der Waals surface area contributed by atoms with E-state index in [9.17, 15) is 14.5 Å². The Morgan fingerprint density at radius 3 is 2.70 bits per heavy atom. The number of non-ortho nitro benzene ring substituents is 1. The van der Waals surface area contributed by atoms with Crippen LogP contribution in [0.15, 0.2) is 29.5 Å². The highest BCUT2D eigenvalue weighted by Crippen LogP contribution is 2.27. The Bertz CT molecular complexity index is 944. The largest absolute Gasteiger partial charge is 0.378 e. The Labute approximate surface area is 172 Å². The molecule has 2 fully saturated rings. The van der Waals surface area contributed by atoms with Gasteiger partial charge in [-0.2, -0.15) is 10.1 Å². The first-order valence-corrected chi connectivity index (χ1v) is 9.79. The van der Waals surface area contributed by atoms with Crippen molar-refractivity contribution in [3.8, 4) is 0 Å². The lowest BCUT2D eigenvalue weighted by molar-refractivity contribution is -0.384. The highest BCUT2D eigenvalue weighted by molar-refractivity contribution is 5.89. The van der Waals surface area contributed by atoms with E-state index in [1.807, 2.05) is 0 Å². The van der Waals surface area contributed by atoms with Crippen LogP contribution in [0.1, 0.15) is 18.4 Å². The second-order valence-electron chi connectivity index (χ2n) is 7.03. The predicted molar refractivity (Wildman–Crippen MR) is 111 cm³/mol. The lowest BCUT2D eigenvalue weighted by Gasteiger charge is -2.27. The van der Waals surface area contributed by atoms with Gasteiger partial charge in [0.25, 0.3) is 5.69 Å². The summed E-state index contributed by atoms with van der Waals surface area (Å²) in [6.45, 7) is 3.91. The third kappa shape index (κ3) is 4.46. The van der Waals surface area contributed by atoms with Crippen LogP contribution in [-0.4, -0.2) is 60.5 Å². The smallest absolute Gasteiger partial charge is 0.270 e. The normalized spacial score (nSPS) is 17.0. The fraction of sp³-hybridized carbons (Fsp3) is 0.421. The van der Waals surface area contributed by atoms with E-state index in [-0.39, 0.29) is 17.5 Å². The molecule has 2 aliphatic heterocycles. The number of nitro groups is 1. The van der Waals surface area contributed by atoms with Crippen molar-refractivity contribution in [2.45, 2.75) is 12.8 Å². The maximum absolute atomic E-state index is 14.1. The fourth-order valence-corrected chi connectivity index (χ4v) is 3.57. The minimum atomic E-state index is -0.513. The average molecular weight is 415 g/mol. The molecule has 0 amide bonds. The summed E-state index contributed by atoms with van der Waals surface area (Å²) in [5.74, 6) is -0.178. The van der Waals surface area contributed by atoms with Crippen LogP contribution in [0.5, 0.6) is 0 Å². The van der Waals surface area contributed by atoms with E-state index in [2.05, 4.69) is 25.4 Å². The molecule has 0 unspecified atom stereocenters. The van der Waals surface area contributed by atoms with Gasteiger partial charge < -0.3 is 14.5 Å². The Morgan fingerprint density at radius 2 is 1.97 bits per heavy atom. The molecule has 2 saturated heterocycles. The van der Waals surface area contributed by atoms with Gasteiger partial charge in [-0.25, -0.2) is 14.8 Å². The molecule has 2 aliphatic rings. The topological polar surface area (TPSA) is 109 Å². The molecular weight excluding hydrogens is 393 g/mol. The van der Waals surface area contributed by atoms with Crippen molar-refractivity contribution >= 4 is 29.4 Å². The SMILES string of the molecule is O=[N+]([O-])c1ccc(N2CCCC2)c(C=NNc2ncc(F)c(N3CCOCC3)n2)c1. The molecule has 158 valence electrons. The second-order valence-corrected chi connectivity index (χ2v) is 7.03. The first kappa shape index (κ1) is 20.0. The lowest BCUT2D eigenvalue weighted by atomic mass is 10.1. The molecule has 0 atom stereocenters. The molecule has 30 heavy (non-hydrogen) atoms. The Hall–Kier alpha value is -3.34. The van der Waals surface area contributed by atoms with Gasteiger partial charge in [-0.3, -0.25) is 10.1 Å². The van der Waals surface area contributed by atoms with Gasteiger partial charge in [0.05, 0.1) is 30.5 Å². The number of hydrogen-bond donors (Lipinski definition) is 1. The standard InChI is InChI=1S/C19H22FN7O3/c20-16-13-21-19(23-18(16)26-7-9-30-10-8-26)24-22-12-14-11-15(27(28)29)3-4-17(14)25-5-1-2-6-25/h3-4,11-13H,1-2,5-10H2,(H,21,23,24). The van der Waals surface area contributed by atoms with Gasteiger partial charge in [0, 0.05) is 49.6 Å². The van der Waals surface area contributed by atoms with E-state index in [0.717, 1.165) is 37.8 Å². The summed E-state index contributed by atoms with van der Waals surface area (Å²) in [5, 5.41) is 15.3. The molecule has 0 aliphatic carbocycles. The van der Waals surface area contributed by atoms with Crippen molar-refractivity contribution in [3.63, 3.8) is 0 Å². The number of rotatable bonds is 6. The van der Waals surface area contributed by atoms with E-state index in [1.54, 1.807) is 11.0 Å². The molecule has 3 heterocycles. The number of nitrogens with one attached hydrogen (secondary N) is 1. The molecule has 1 aromatic heterocycles. The van der Waals surface area contributed by atoms with E-state index < -0.39 is 10.7 Å². The van der Waals surface area contributed by atoms with Crippen molar-refractivity contribution in [1.29, 1.82) is 0 Å². The van der Waals surface area contributed by atoms with E-state index in [1.165, 1.54) is 18.3 Å². The maximum Gasteiger partial charge on any atom is 0.270 e. The van der Waals surface area contributed by atoms with Crippen LogP contribution in [0.25, 0.3) is 0 Å². The molecule has 11 heteroatoms. The van der Waals surface area contributed by atoms with Crippen LogP contribution in [0.2, 0.25) is 0 Å². The average Bonchev–Trinajstić information content (AvgIpc) is 3.30. The van der Waals surface area contributed by atoms with Gasteiger partial charge >= 0.3 is 0 Å². The first-order valence-electron chi connectivity index (χ1n) is 9.79. The van der Waals surface area contributed by atoms with E-state index in [0.29, 0.717) is 31.9 Å². The van der Waals surface area contributed by atoms with E-state index in [4.69, 9.17) is 4.74 Å². The van der Waals surface area contributed by atoms with Gasteiger partial charge in [-0.15, -0.1) is 0 Å². The highest BCUT2D eigenvalue weighted by atomic mass is 19.1. The van der Waals surface area contributed by atoms with Gasteiger partial charge in [0.1, 0.15) is 0 Å². The van der Waals surface area contributed by atoms with Crippen LogP contribution in [0, 0.1) is 15.9 Å². The summed E-state index contributed by atoms with van der Waals surface area (Å²) in [4.78, 5) is 22.8. The summed E-state index contributed by atoms with van der Waals surface area (Å²) < 4.78 is 19.4. The maximum atomic E-state index is 14.1. The minimum absolute atomic E-state index is 0.00738. The van der Waals surface area contributed by atoms with Gasteiger partial charge in [-0.1, -0.05) is 0 Å². The van der Waals surface area contributed by atoms with Crippen LogP contribution in [0.4, 0.5) is 27.5 Å². The van der Waals surface area contributed by atoms with Crippen molar-refractivity contribution < 1.29 is 14.1 Å². The highest BCUT2D eigenvalue weighted by Gasteiger charge is 2.19. The summed E-state index contributed by atoms with van der Waals surface area (Å²) >= 11 is 0. The number of anilines is 3. The summed E-state index contributed by atoms with van der Waals surface area (Å²) in [6, 6.07) is 4.73. The van der Waals surface area contributed by atoms with Crippen molar-refractivity contribution in [3.05, 3.63) is 45.9 Å². The number of nitrogens with zero attached hydrogens (tertiary/aromatic N) is 6. The first-order chi connectivity index (χ1) is 14.6. The van der Waals surface area contributed by atoms with Gasteiger partial charge in [0.2, 0.25) is 5.95 Å². The van der Waals surface area contributed by atoms with Gasteiger partial charge in [-0.05, 0) is 18.9 Å². The number of morpholine rings is 1. The number of hydrazone groups is 1. The van der Waals surface area contributed by atoms with Crippen molar-refractivity contribution in [1.82, 2.24) is 9.97 Å². The summed E-state index contributed by atoms with van der Waals surface area (Å²) in [6.07, 6.45) is 4.76.